The molecule has 0 amide bonds. The van der Waals surface area contributed by atoms with Gasteiger partial charge in [0.25, 0.3) is 0 Å². The number of hydrogen-bond acceptors (Lipinski definition) is 5. The first-order valence-electron chi connectivity index (χ1n) is 10.4. The maximum absolute atomic E-state index is 15.3. The van der Waals surface area contributed by atoms with Gasteiger partial charge in [-0.2, -0.15) is 0 Å². The summed E-state index contributed by atoms with van der Waals surface area (Å²) in [5, 5.41) is 0.971. The van der Waals surface area contributed by atoms with E-state index in [1.807, 2.05) is 19.9 Å². The number of pyridine rings is 1. The second-order valence-corrected chi connectivity index (χ2v) is 9.76. The van der Waals surface area contributed by atoms with Gasteiger partial charge in [-0.25, -0.2) is 14.2 Å². The van der Waals surface area contributed by atoms with E-state index in [2.05, 4.69) is 0 Å². The fourth-order valence-electron chi connectivity index (χ4n) is 4.67. The standard InChI is InChI=1S/C24H24FNO3S/c1-12-9-10-14(16(25)11-12)19-18(21-23(27)29-24(3,4)28-21)13(2)26-22-20(19)15-7-5-6-8-17(15)30-22/h9-11,21H,5-8H2,1-4H3. The van der Waals surface area contributed by atoms with Crippen molar-refractivity contribution in [1.29, 1.82) is 0 Å². The zero-order valence-electron chi connectivity index (χ0n) is 17.6. The average Bonchev–Trinajstić information content (AvgIpc) is 3.16. The molecule has 3 aromatic rings. The highest BCUT2D eigenvalue weighted by Gasteiger charge is 2.44. The quantitative estimate of drug-likeness (QED) is 0.476. The van der Waals surface area contributed by atoms with E-state index < -0.39 is 17.9 Å². The predicted molar refractivity (Wildman–Crippen MR) is 115 cm³/mol. The highest BCUT2D eigenvalue weighted by molar-refractivity contribution is 7.19. The highest BCUT2D eigenvalue weighted by Crippen LogP contribution is 2.47. The molecule has 0 radical (unpaired) electrons. The van der Waals surface area contributed by atoms with Crippen LogP contribution < -0.4 is 0 Å². The second kappa shape index (κ2) is 6.86. The zero-order chi connectivity index (χ0) is 21.2. The molecule has 0 saturated carbocycles. The number of aromatic nitrogens is 1. The lowest BCUT2D eigenvalue weighted by molar-refractivity contribution is -0.160. The number of esters is 1. The maximum Gasteiger partial charge on any atom is 0.342 e. The van der Waals surface area contributed by atoms with Gasteiger partial charge in [0.05, 0.1) is 0 Å². The Morgan fingerprint density at radius 1 is 1.20 bits per heavy atom. The Hall–Kier alpha value is -2.31. The number of benzene rings is 1. The Labute approximate surface area is 179 Å². The minimum absolute atomic E-state index is 0.301. The van der Waals surface area contributed by atoms with Crippen molar-refractivity contribution >= 4 is 27.5 Å². The number of thiophene rings is 1. The number of carbonyl (C=O) groups is 1. The van der Waals surface area contributed by atoms with E-state index >= 15 is 4.39 Å². The Morgan fingerprint density at radius 3 is 2.67 bits per heavy atom. The molecule has 6 heteroatoms. The van der Waals surface area contributed by atoms with Crippen LogP contribution in [-0.4, -0.2) is 16.7 Å². The molecule has 1 aliphatic heterocycles. The first-order valence-corrected chi connectivity index (χ1v) is 11.2. The van der Waals surface area contributed by atoms with Crippen LogP contribution in [0.3, 0.4) is 0 Å². The lowest BCUT2D eigenvalue weighted by Crippen LogP contribution is -2.20. The van der Waals surface area contributed by atoms with Crippen LogP contribution in [0.25, 0.3) is 21.3 Å². The number of aryl methyl sites for hydroxylation is 4. The van der Waals surface area contributed by atoms with Gasteiger partial charge in [-0.05, 0) is 56.7 Å². The monoisotopic (exact) mass is 425 g/mol. The molecule has 0 N–H and O–H groups in total. The Balaban J connectivity index is 1.87. The van der Waals surface area contributed by atoms with E-state index in [0.717, 1.165) is 47.0 Å². The third-order valence-electron chi connectivity index (χ3n) is 5.95. The molecule has 1 atom stereocenters. The lowest BCUT2D eigenvalue weighted by atomic mass is 9.87. The first kappa shape index (κ1) is 19.6. The van der Waals surface area contributed by atoms with Gasteiger partial charge in [-0.3, -0.25) is 0 Å². The van der Waals surface area contributed by atoms with Crippen molar-refractivity contribution in [1.82, 2.24) is 4.98 Å². The maximum atomic E-state index is 15.3. The van der Waals surface area contributed by atoms with Crippen LogP contribution in [0.1, 0.15) is 60.1 Å². The molecule has 4 nitrogen and oxygen atoms in total. The fourth-order valence-corrected chi connectivity index (χ4v) is 5.99. The summed E-state index contributed by atoms with van der Waals surface area (Å²) in [4.78, 5) is 19.8. The number of cyclic esters (lactones) is 1. The number of fused-ring (bicyclic) bond motifs is 3. The van der Waals surface area contributed by atoms with E-state index in [1.165, 1.54) is 16.5 Å². The van der Waals surface area contributed by atoms with Gasteiger partial charge in [0.15, 0.2) is 6.10 Å². The molecular formula is C24H24FNO3S. The van der Waals surface area contributed by atoms with Crippen molar-refractivity contribution in [2.45, 2.75) is 65.3 Å². The number of rotatable bonds is 2. The summed E-state index contributed by atoms with van der Waals surface area (Å²) in [5.41, 5.74) is 4.61. The smallest absolute Gasteiger partial charge is 0.342 e. The molecule has 2 aliphatic rings. The van der Waals surface area contributed by atoms with Crippen LogP contribution in [0.4, 0.5) is 4.39 Å². The van der Waals surface area contributed by atoms with Gasteiger partial charge in [0.2, 0.25) is 5.79 Å². The summed E-state index contributed by atoms with van der Waals surface area (Å²) in [6, 6.07) is 5.25. The minimum Gasteiger partial charge on any atom is -0.431 e. The van der Waals surface area contributed by atoms with Crippen molar-refractivity contribution in [3.8, 4) is 11.1 Å². The van der Waals surface area contributed by atoms with Gasteiger partial charge < -0.3 is 9.47 Å². The molecule has 1 unspecified atom stereocenters. The van der Waals surface area contributed by atoms with E-state index in [-0.39, 0.29) is 5.82 Å². The summed E-state index contributed by atoms with van der Waals surface area (Å²) < 4.78 is 26.7. The van der Waals surface area contributed by atoms with Crippen molar-refractivity contribution < 1.29 is 18.7 Å². The number of hydrogen-bond donors (Lipinski definition) is 0. The van der Waals surface area contributed by atoms with E-state index in [1.54, 1.807) is 31.3 Å². The van der Waals surface area contributed by atoms with Gasteiger partial charge >= 0.3 is 5.97 Å². The molecule has 0 spiro atoms. The van der Waals surface area contributed by atoms with Crippen LogP contribution in [0.5, 0.6) is 0 Å². The molecule has 1 aliphatic carbocycles. The third kappa shape index (κ3) is 3.05. The Kier molecular flexibility index (Phi) is 4.49. The van der Waals surface area contributed by atoms with Crippen molar-refractivity contribution in [3.63, 3.8) is 0 Å². The van der Waals surface area contributed by atoms with E-state index in [4.69, 9.17) is 14.5 Å². The first-order chi connectivity index (χ1) is 14.2. The molecule has 1 saturated heterocycles. The molecule has 1 fully saturated rings. The number of nitrogens with zero attached hydrogens (tertiary/aromatic N) is 1. The Morgan fingerprint density at radius 2 is 1.97 bits per heavy atom. The third-order valence-corrected chi connectivity index (χ3v) is 7.14. The summed E-state index contributed by atoms with van der Waals surface area (Å²) in [7, 11) is 0. The van der Waals surface area contributed by atoms with Crippen molar-refractivity contribution in [2.24, 2.45) is 0 Å². The van der Waals surface area contributed by atoms with Crippen molar-refractivity contribution in [2.75, 3.05) is 0 Å². The molecule has 5 rings (SSSR count). The lowest BCUT2D eigenvalue weighted by Gasteiger charge is -2.20. The molecule has 0 bridgehead atoms. The fraction of sp³-hybridized carbons (Fsp3) is 0.417. The molecular weight excluding hydrogens is 401 g/mol. The topological polar surface area (TPSA) is 48.4 Å². The number of ether oxygens (including phenoxy) is 2. The molecule has 3 heterocycles. The number of halogens is 1. The number of carbonyl (C=O) groups excluding carboxylic acids is 1. The molecule has 30 heavy (non-hydrogen) atoms. The largest absolute Gasteiger partial charge is 0.431 e. The van der Waals surface area contributed by atoms with Gasteiger partial charge in [-0.15, -0.1) is 11.3 Å². The summed E-state index contributed by atoms with van der Waals surface area (Å²) in [5.74, 6) is -1.79. The normalized spacial score (nSPS) is 20.4. The van der Waals surface area contributed by atoms with Gasteiger partial charge in [0, 0.05) is 46.5 Å². The zero-order valence-corrected chi connectivity index (χ0v) is 18.4. The van der Waals surface area contributed by atoms with Crippen LogP contribution in [0.15, 0.2) is 18.2 Å². The second-order valence-electron chi connectivity index (χ2n) is 8.68. The minimum atomic E-state index is -1.03. The van der Waals surface area contributed by atoms with Crippen LogP contribution in [-0.2, 0) is 27.1 Å². The van der Waals surface area contributed by atoms with Crippen LogP contribution in [0, 0.1) is 19.7 Å². The highest BCUT2D eigenvalue weighted by atomic mass is 32.1. The van der Waals surface area contributed by atoms with E-state index in [9.17, 15) is 4.79 Å². The molecule has 1 aromatic carbocycles. The summed E-state index contributed by atoms with van der Waals surface area (Å²) in [6.45, 7) is 7.16. The van der Waals surface area contributed by atoms with Crippen molar-refractivity contribution in [3.05, 3.63) is 51.3 Å². The predicted octanol–water partition coefficient (Wildman–Crippen LogP) is 5.95. The molecule has 2 aromatic heterocycles. The summed E-state index contributed by atoms with van der Waals surface area (Å²) in [6.07, 6.45) is 3.31. The SMILES string of the molecule is Cc1ccc(-c2c(C3OC(C)(C)OC3=O)c(C)nc3sc4c(c23)CCCC4)c(F)c1. The summed E-state index contributed by atoms with van der Waals surface area (Å²) >= 11 is 1.69. The van der Waals surface area contributed by atoms with Crippen LogP contribution >= 0.6 is 11.3 Å². The molecule has 156 valence electrons. The average molecular weight is 426 g/mol. The van der Waals surface area contributed by atoms with Crippen LogP contribution in [0.2, 0.25) is 0 Å². The van der Waals surface area contributed by atoms with Gasteiger partial charge in [-0.1, -0.05) is 12.1 Å². The van der Waals surface area contributed by atoms with E-state index in [0.29, 0.717) is 16.8 Å². The van der Waals surface area contributed by atoms with Gasteiger partial charge in [0.1, 0.15) is 10.6 Å². The Bertz CT molecular complexity index is 1200.